The molecule has 0 aliphatic carbocycles. The summed E-state index contributed by atoms with van der Waals surface area (Å²) in [5.74, 6) is 0.694. The van der Waals surface area contributed by atoms with Crippen LogP contribution in [0, 0.1) is 6.92 Å². The molecule has 0 spiro atoms. The van der Waals surface area contributed by atoms with Gasteiger partial charge in [0.05, 0.1) is 11.4 Å². The van der Waals surface area contributed by atoms with E-state index in [2.05, 4.69) is 15.6 Å². The molecule has 4 rings (SSSR count). The molecule has 0 saturated heterocycles. The summed E-state index contributed by atoms with van der Waals surface area (Å²) in [4.78, 5) is 40.9. The van der Waals surface area contributed by atoms with E-state index < -0.39 is 17.5 Å². The van der Waals surface area contributed by atoms with Gasteiger partial charge in [0.1, 0.15) is 22.9 Å². The maximum absolute atomic E-state index is 13.0. The highest BCUT2D eigenvalue weighted by Gasteiger charge is 2.22. The molecule has 0 atom stereocenters. The van der Waals surface area contributed by atoms with Crippen molar-refractivity contribution < 1.29 is 14.3 Å². The van der Waals surface area contributed by atoms with Gasteiger partial charge in [0, 0.05) is 25.0 Å². The summed E-state index contributed by atoms with van der Waals surface area (Å²) in [7, 11) is 1.73. The van der Waals surface area contributed by atoms with Crippen molar-refractivity contribution >= 4 is 23.4 Å². The van der Waals surface area contributed by atoms with Gasteiger partial charge in [-0.15, -0.1) is 0 Å². The molecule has 0 fully saturated rings. The van der Waals surface area contributed by atoms with Gasteiger partial charge in [-0.25, -0.2) is 14.5 Å². The second kappa shape index (κ2) is 9.33. The largest absolute Gasteiger partial charge is 0.457 e. The lowest BCUT2D eigenvalue weighted by molar-refractivity contribution is 0.102. The molecule has 10 heteroatoms. The van der Waals surface area contributed by atoms with Crippen molar-refractivity contribution in [1.82, 2.24) is 14.3 Å². The van der Waals surface area contributed by atoms with Gasteiger partial charge in [-0.2, -0.15) is 0 Å². The number of rotatable bonds is 6. The van der Waals surface area contributed by atoms with Crippen LogP contribution in [0.2, 0.25) is 0 Å². The molecule has 4 N–H and O–H groups in total. The second-order valence-electron chi connectivity index (χ2n) is 7.38. The van der Waals surface area contributed by atoms with Crippen LogP contribution in [0.25, 0.3) is 5.69 Å². The number of aromatic nitrogens is 3. The van der Waals surface area contributed by atoms with E-state index in [1.807, 2.05) is 18.2 Å². The van der Waals surface area contributed by atoms with Crippen molar-refractivity contribution in [2.75, 3.05) is 10.6 Å². The molecule has 0 aliphatic heterocycles. The van der Waals surface area contributed by atoms with Gasteiger partial charge in [-0.1, -0.05) is 18.2 Å². The lowest BCUT2D eigenvalue weighted by Crippen LogP contribution is -2.25. The number of nitrogens with two attached hydrogens (primary N) is 1. The summed E-state index contributed by atoms with van der Waals surface area (Å²) >= 11 is 0. The van der Waals surface area contributed by atoms with Crippen LogP contribution in [0.3, 0.4) is 0 Å². The molecule has 2 aromatic heterocycles. The number of para-hydroxylation sites is 1. The van der Waals surface area contributed by atoms with Crippen molar-refractivity contribution in [3.63, 3.8) is 0 Å². The highest BCUT2D eigenvalue weighted by molar-refractivity contribution is 6.05. The standard InChI is InChI=1S/C24H22N6O4/c1-15-21(23(32)30(29(15)2)17-6-4-3-5-7-17)22(31)27-16-8-10-18(11-9-16)34-19-12-13-26-20(14-19)28-24(25)33/h3-14H,1-2H3,(H,27,31)(H3,25,26,28,33). The Balaban J connectivity index is 1.50. The van der Waals surface area contributed by atoms with Crippen LogP contribution in [0.1, 0.15) is 16.1 Å². The molecule has 2 heterocycles. The molecule has 4 aromatic rings. The van der Waals surface area contributed by atoms with Gasteiger partial charge in [0.25, 0.3) is 11.5 Å². The first-order valence-corrected chi connectivity index (χ1v) is 10.3. The van der Waals surface area contributed by atoms with Crippen LogP contribution in [-0.4, -0.2) is 26.3 Å². The molecular formula is C24H22N6O4. The number of nitrogens with zero attached hydrogens (tertiary/aromatic N) is 3. The minimum Gasteiger partial charge on any atom is -0.457 e. The number of hydrogen-bond donors (Lipinski definition) is 3. The number of amides is 3. The Morgan fingerprint density at radius 1 is 0.971 bits per heavy atom. The molecule has 34 heavy (non-hydrogen) atoms. The van der Waals surface area contributed by atoms with E-state index in [4.69, 9.17) is 10.5 Å². The minimum atomic E-state index is -0.728. The summed E-state index contributed by atoms with van der Waals surface area (Å²) in [6.45, 7) is 1.72. The molecule has 3 amide bonds. The van der Waals surface area contributed by atoms with Crippen LogP contribution in [-0.2, 0) is 7.05 Å². The zero-order valence-electron chi connectivity index (χ0n) is 18.5. The van der Waals surface area contributed by atoms with Gasteiger partial charge in [-0.3, -0.25) is 19.6 Å². The molecular weight excluding hydrogens is 436 g/mol. The van der Waals surface area contributed by atoms with E-state index in [0.29, 0.717) is 28.6 Å². The number of pyridine rings is 1. The van der Waals surface area contributed by atoms with E-state index >= 15 is 0 Å². The Morgan fingerprint density at radius 3 is 2.35 bits per heavy atom. The van der Waals surface area contributed by atoms with E-state index in [-0.39, 0.29) is 11.4 Å². The normalized spacial score (nSPS) is 10.5. The lowest BCUT2D eigenvalue weighted by Gasteiger charge is -2.09. The third kappa shape index (κ3) is 4.65. The van der Waals surface area contributed by atoms with Gasteiger partial charge >= 0.3 is 6.03 Å². The van der Waals surface area contributed by atoms with Crippen molar-refractivity contribution in [3.8, 4) is 17.2 Å². The highest BCUT2D eigenvalue weighted by atomic mass is 16.5. The smallest absolute Gasteiger partial charge is 0.317 e. The van der Waals surface area contributed by atoms with Gasteiger partial charge in [0.15, 0.2) is 0 Å². The number of urea groups is 1. The fourth-order valence-electron chi connectivity index (χ4n) is 3.43. The number of ether oxygens (including phenoxy) is 1. The third-order valence-corrected chi connectivity index (χ3v) is 5.11. The van der Waals surface area contributed by atoms with Crippen LogP contribution in [0.4, 0.5) is 16.3 Å². The topological polar surface area (TPSA) is 133 Å². The number of carbonyl (C=O) groups is 2. The van der Waals surface area contributed by atoms with E-state index in [0.717, 1.165) is 0 Å². The monoisotopic (exact) mass is 458 g/mol. The number of benzene rings is 2. The summed E-state index contributed by atoms with van der Waals surface area (Å²) in [6, 6.07) is 18.2. The highest BCUT2D eigenvalue weighted by Crippen LogP contribution is 2.24. The van der Waals surface area contributed by atoms with Crippen molar-refractivity contribution in [2.24, 2.45) is 12.8 Å². The molecule has 10 nitrogen and oxygen atoms in total. The maximum atomic E-state index is 13.0. The maximum Gasteiger partial charge on any atom is 0.317 e. The summed E-state index contributed by atoms with van der Waals surface area (Å²) in [6.07, 6.45) is 1.47. The molecule has 0 radical (unpaired) electrons. The predicted octanol–water partition coefficient (Wildman–Crippen LogP) is 3.41. The third-order valence-electron chi connectivity index (χ3n) is 5.11. The van der Waals surface area contributed by atoms with Crippen molar-refractivity contribution in [1.29, 1.82) is 0 Å². The Kier molecular flexibility index (Phi) is 6.13. The zero-order chi connectivity index (χ0) is 24.2. The summed E-state index contributed by atoms with van der Waals surface area (Å²) in [5.41, 5.74) is 6.48. The second-order valence-corrected chi connectivity index (χ2v) is 7.38. The van der Waals surface area contributed by atoms with Gasteiger partial charge in [-0.05, 0) is 49.4 Å². The SMILES string of the molecule is Cc1c(C(=O)Nc2ccc(Oc3ccnc(NC(N)=O)c3)cc2)c(=O)n(-c2ccccc2)n1C. The van der Waals surface area contributed by atoms with Crippen LogP contribution < -0.4 is 26.7 Å². The van der Waals surface area contributed by atoms with Crippen LogP contribution in [0.5, 0.6) is 11.5 Å². The van der Waals surface area contributed by atoms with Gasteiger partial charge < -0.3 is 15.8 Å². The first-order valence-electron chi connectivity index (χ1n) is 10.3. The summed E-state index contributed by atoms with van der Waals surface area (Å²) < 4.78 is 8.86. The Hall–Kier alpha value is -4.86. The first-order chi connectivity index (χ1) is 16.3. The van der Waals surface area contributed by atoms with E-state index in [9.17, 15) is 14.4 Å². The molecule has 0 unspecified atom stereocenters. The number of primary amides is 1. The number of anilines is 2. The van der Waals surface area contributed by atoms with Crippen LogP contribution >= 0.6 is 0 Å². The molecule has 0 aliphatic rings. The predicted molar refractivity (Wildman–Crippen MR) is 128 cm³/mol. The fourth-order valence-corrected chi connectivity index (χ4v) is 3.43. The number of carbonyl (C=O) groups excluding carboxylic acids is 2. The number of hydrogen-bond acceptors (Lipinski definition) is 5. The number of nitrogens with one attached hydrogen (secondary N) is 2. The molecule has 0 saturated carbocycles. The average Bonchev–Trinajstić information content (AvgIpc) is 3.03. The zero-order valence-corrected chi connectivity index (χ0v) is 18.5. The van der Waals surface area contributed by atoms with Gasteiger partial charge in [0.2, 0.25) is 0 Å². The minimum absolute atomic E-state index is 0.0675. The molecule has 0 bridgehead atoms. The summed E-state index contributed by atoms with van der Waals surface area (Å²) in [5, 5.41) is 5.13. The van der Waals surface area contributed by atoms with Crippen LogP contribution in [0.15, 0.2) is 77.7 Å². The van der Waals surface area contributed by atoms with E-state index in [1.165, 1.54) is 16.9 Å². The first kappa shape index (κ1) is 22.3. The van der Waals surface area contributed by atoms with Crippen molar-refractivity contribution in [2.45, 2.75) is 6.92 Å². The van der Waals surface area contributed by atoms with E-state index in [1.54, 1.807) is 61.1 Å². The fraction of sp³-hybridized carbons (Fsp3) is 0.0833. The Bertz CT molecular complexity index is 1410. The lowest BCUT2D eigenvalue weighted by atomic mass is 10.2. The Labute approximate surface area is 194 Å². The average molecular weight is 458 g/mol. The quantitative estimate of drug-likeness (QED) is 0.407. The molecule has 172 valence electrons. The Morgan fingerprint density at radius 2 is 1.68 bits per heavy atom. The molecule has 2 aromatic carbocycles. The van der Waals surface area contributed by atoms with Crippen molar-refractivity contribution in [3.05, 3.63) is 94.5 Å².